The molecule has 0 saturated heterocycles. The van der Waals surface area contributed by atoms with Gasteiger partial charge in [-0.05, 0) is 19.8 Å². The van der Waals surface area contributed by atoms with Crippen molar-refractivity contribution in [3.8, 4) is 0 Å². The van der Waals surface area contributed by atoms with E-state index in [0.29, 0.717) is 11.7 Å². The Morgan fingerprint density at radius 2 is 2.18 bits per heavy atom. The van der Waals surface area contributed by atoms with Crippen molar-refractivity contribution < 1.29 is 14.7 Å². The molecule has 17 heavy (non-hydrogen) atoms. The number of nitrogens with zero attached hydrogens (tertiary/aromatic N) is 4. The minimum absolute atomic E-state index is 0.0408. The number of carbonyl (C=O) groups excluding carboxylic acids is 1. The van der Waals surface area contributed by atoms with Crippen molar-refractivity contribution >= 4 is 11.9 Å². The summed E-state index contributed by atoms with van der Waals surface area (Å²) in [5.74, 6) is -1.20. The molecule has 0 spiro atoms. The van der Waals surface area contributed by atoms with E-state index in [1.54, 1.807) is 18.9 Å². The van der Waals surface area contributed by atoms with Gasteiger partial charge in [0.05, 0.1) is 5.69 Å². The normalized spacial score (nSPS) is 14.7. The number of carbonyl (C=O) groups is 2. The highest BCUT2D eigenvalue weighted by molar-refractivity contribution is 5.86. The van der Waals surface area contributed by atoms with Crippen LogP contribution in [0.2, 0.25) is 0 Å². The maximum atomic E-state index is 11.8. The first-order valence-electron chi connectivity index (χ1n) is 5.39. The van der Waals surface area contributed by atoms with Crippen molar-refractivity contribution in [3.63, 3.8) is 0 Å². The molecule has 2 rings (SSSR count). The zero-order chi connectivity index (χ0) is 12.6. The number of carboxylic acid groups (broad SMARTS) is 1. The molecule has 1 heterocycles. The van der Waals surface area contributed by atoms with Crippen molar-refractivity contribution in [2.45, 2.75) is 32.4 Å². The molecule has 0 bridgehead atoms. The third kappa shape index (κ3) is 2.27. The summed E-state index contributed by atoms with van der Waals surface area (Å²) in [6, 6.07) is 0.338. The Balaban J connectivity index is 2.08. The van der Waals surface area contributed by atoms with Gasteiger partial charge < -0.3 is 10.0 Å². The average Bonchev–Trinajstić information content (AvgIpc) is 3.04. The maximum Gasteiger partial charge on any atom is 0.358 e. The van der Waals surface area contributed by atoms with Gasteiger partial charge in [-0.1, -0.05) is 5.21 Å². The quantitative estimate of drug-likeness (QED) is 0.791. The summed E-state index contributed by atoms with van der Waals surface area (Å²) in [6.07, 6.45) is 2.08. The molecular formula is C10H14N4O3. The number of aromatic nitrogens is 3. The van der Waals surface area contributed by atoms with Gasteiger partial charge in [0.2, 0.25) is 5.91 Å². The molecule has 7 nitrogen and oxygen atoms in total. The topological polar surface area (TPSA) is 88.3 Å². The van der Waals surface area contributed by atoms with Crippen LogP contribution in [0.15, 0.2) is 0 Å². The van der Waals surface area contributed by atoms with Crippen LogP contribution in [0.5, 0.6) is 0 Å². The average molecular weight is 238 g/mol. The standard InChI is InChI=1S/C10H14N4O3/c1-6-9(10(16)17)11-12-14(6)5-8(15)13(2)7-3-4-7/h7H,3-5H2,1-2H3,(H,16,17). The lowest BCUT2D eigenvalue weighted by molar-refractivity contribution is -0.131. The Morgan fingerprint density at radius 1 is 1.53 bits per heavy atom. The molecule has 1 amide bonds. The second-order valence-electron chi connectivity index (χ2n) is 4.22. The number of carboxylic acids is 1. The molecule has 0 aliphatic heterocycles. The molecule has 1 fully saturated rings. The van der Waals surface area contributed by atoms with Gasteiger partial charge in [0.1, 0.15) is 6.54 Å². The van der Waals surface area contributed by atoms with Gasteiger partial charge in [0, 0.05) is 13.1 Å². The lowest BCUT2D eigenvalue weighted by atomic mass is 10.3. The van der Waals surface area contributed by atoms with Gasteiger partial charge >= 0.3 is 5.97 Å². The van der Waals surface area contributed by atoms with E-state index in [9.17, 15) is 9.59 Å². The molecule has 0 radical (unpaired) electrons. The van der Waals surface area contributed by atoms with Crippen molar-refractivity contribution in [1.29, 1.82) is 0 Å². The van der Waals surface area contributed by atoms with E-state index in [1.807, 2.05) is 0 Å². The van der Waals surface area contributed by atoms with Crippen LogP contribution in [-0.4, -0.2) is 50.0 Å². The van der Waals surface area contributed by atoms with Crippen LogP contribution in [0.3, 0.4) is 0 Å². The molecule has 1 aromatic rings. The van der Waals surface area contributed by atoms with Crippen LogP contribution >= 0.6 is 0 Å². The zero-order valence-electron chi connectivity index (χ0n) is 9.75. The molecule has 1 aliphatic rings. The molecule has 0 aromatic carbocycles. The van der Waals surface area contributed by atoms with E-state index in [2.05, 4.69) is 10.3 Å². The van der Waals surface area contributed by atoms with Gasteiger partial charge in [-0.3, -0.25) is 4.79 Å². The highest BCUT2D eigenvalue weighted by Crippen LogP contribution is 2.25. The highest BCUT2D eigenvalue weighted by Gasteiger charge is 2.30. The van der Waals surface area contributed by atoms with Gasteiger partial charge in [-0.25, -0.2) is 9.48 Å². The lowest BCUT2D eigenvalue weighted by Gasteiger charge is -2.16. The largest absolute Gasteiger partial charge is 0.476 e. The van der Waals surface area contributed by atoms with Gasteiger partial charge in [0.15, 0.2) is 5.69 Å². The van der Waals surface area contributed by atoms with E-state index >= 15 is 0 Å². The number of hydrogen-bond donors (Lipinski definition) is 1. The first-order chi connectivity index (χ1) is 8.00. The minimum atomic E-state index is -1.13. The molecule has 0 atom stereocenters. The summed E-state index contributed by atoms with van der Waals surface area (Å²) in [6.45, 7) is 1.63. The summed E-state index contributed by atoms with van der Waals surface area (Å²) in [7, 11) is 1.75. The summed E-state index contributed by atoms with van der Waals surface area (Å²) >= 11 is 0. The number of hydrogen-bond acceptors (Lipinski definition) is 4. The molecule has 1 N–H and O–H groups in total. The Hall–Kier alpha value is -1.92. The Bertz CT molecular complexity index is 464. The van der Waals surface area contributed by atoms with Gasteiger partial charge in [0.25, 0.3) is 0 Å². The molecule has 1 aliphatic carbocycles. The van der Waals surface area contributed by atoms with Gasteiger partial charge in [-0.2, -0.15) is 0 Å². The van der Waals surface area contributed by atoms with Crippen LogP contribution < -0.4 is 0 Å². The van der Waals surface area contributed by atoms with Crippen molar-refractivity contribution in [2.75, 3.05) is 7.05 Å². The monoisotopic (exact) mass is 238 g/mol. The van der Waals surface area contributed by atoms with E-state index in [1.165, 1.54) is 4.68 Å². The Labute approximate surface area is 98.0 Å². The van der Waals surface area contributed by atoms with Gasteiger partial charge in [-0.15, -0.1) is 5.10 Å². The Morgan fingerprint density at radius 3 is 2.65 bits per heavy atom. The summed E-state index contributed by atoms with van der Waals surface area (Å²) in [4.78, 5) is 24.3. The van der Waals surface area contributed by atoms with Crippen LogP contribution in [0.4, 0.5) is 0 Å². The smallest absolute Gasteiger partial charge is 0.358 e. The number of rotatable bonds is 4. The SMILES string of the molecule is Cc1c(C(=O)O)nnn1CC(=O)N(C)C1CC1. The maximum absolute atomic E-state index is 11.8. The van der Waals surface area contributed by atoms with Crippen molar-refractivity contribution in [1.82, 2.24) is 19.9 Å². The fourth-order valence-corrected chi connectivity index (χ4v) is 1.61. The molecular weight excluding hydrogens is 224 g/mol. The van der Waals surface area contributed by atoms with Crippen molar-refractivity contribution in [3.05, 3.63) is 11.4 Å². The fraction of sp³-hybridized carbons (Fsp3) is 0.600. The number of likely N-dealkylation sites (N-methyl/N-ethyl adjacent to an activating group) is 1. The summed E-state index contributed by atoms with van der Waals surface area (Å²) < 4.78 is 1.32. The Kier molecular flexibility index (Phi) is 2.83. The first kappa shape index (κ1) is 11.6. The minimum Gasteiger partial charge on any atom is -0.476 e. The van der Waals surface area contributed by atoms with Crippen LogP contribution in [0.1, 0.15) is 29.0 Å². The van der Waals surface area contributed by atoms with E-state index in [4.69, 9.17) is 5.11 Å². The van der Waals surface area contributed by atoms with Crippen LogP contribution in [0, 0.1) is 6.92 Å². The predicted molar refractivity (Wildman–Crippen MR) is 57.5 cm³/mol. The molecule has 1 saturated carbocycles. The van der Waals surface area contributed by atoms with Crippen LogP contribution in [0.25, 0.3) is 0 Å². The second kappa shape index (κ2) is 4.15. The number of amides is 1. The summed E-state index contributed by atoms with van der Waals surface area (Å²) in [5, 5.41) is 16.0. The lowest BCUT2D eigenvalue weighted by Crippen LogP contribution is -2.32. The second-order valence-corrected chi connectivity index (χ2v) is 4.22. The molecule has 7 heteroatoms. The van der Waals surface area contributed by atoms with Crippen LogP contribution in [-0.2, 0) is 11.3 Å². The highest BCUT2D eigenvalue weighted by atomic mass is 16.4. The number of aromatic carboxylic acids is 1. The fourth-order valence-electron chi connectivity index (χ4n) is 1.61. The zero-order valence-corrected chi connectivity index (χ0v) is 9.75. The van der Waals surface area contributed by atoms with E-state index in [0.717, 1.165) is 12.8 Å². The third-order valence-electron chi connectivity index (χ3n) is 2.96. The van der Waals surface area contributed by atoms with E-state index < -0.39 is 5.97 Å². The molecule has 92 valence electrons. The van der Waals surface area contributed by atoms with E-state index in [-0.39, 0.29) is 18.1 Å². The molecule has 1 aromatic heterocycles. The first-order valence-corrected chi connectivity index (χ1v) is 5.39. The third-order valence-corrected chi connectivity index (χ3v) is 2.96. The van der Waals surface area contributed by atoms with Crippen molar-refractivity contribution in [2.24, 2.45) is 0 Å². The summed E-state index contributed by atoms with van der Waals surface area (Å²) in [5.41, 5.74) is 0.293. The predicted octanol–water partition coefficient (Wildman–Crippen LogP) is -0.0945. The molecule has 0 unspecified atom stereocenters.